The fourth-order valence-electron chi connectivity index (χ4n) is 1.42. The van der Waals surface area contributed by atoms with Crippen molar-refractivity contribution in [1.82, 2.24) is 0 Å². The van der Waals surface area contributed by atoms with Crippen LogP contribution in [0.3, 0.4) is 0 Å². The van der Waals surface area contributed by atoms with Gasteiger partial charge in [-0.1, -0.05) is 50.3 Å². The second-order valence-corrected chi connectivity index (χ2v) is 9.91. The van der Waals surface area contributed by atoms with Crippen LogP contribution in [0.4, 0.5) is 0 Å². The van der Waals surface area contributed by atoms with Gasteiger partial charge >= 0.3 is 0 Å². The molecule has 0 unspecified atom stereocenters. The molecule has 0 amide bonds. The molecule has 0 saturated heterocycles. The Labute approximate surface area is 113 Å². The van der Waals surface area contributed by atoms with Gasteiger partial charge in [-0.3, -0.25) is 0 Å². The molecule has 98 valence electrons. The van der Waals surface area contributed by atoms with Gasteiger partial charge in [-0.15, -0.1) is 11.5 Å². The highest BCUT2D eigenvalue weighted by Crippen LogP contribution is 2.06. The van der Waals surface area contributed by atoms with Crippen molar-refractivity contribution < 1.29 is 4.74 Å². The van der Waals surface area contributed by atoms with Gasteiger partial charge in [-0.25, -0.2) is 0 Å². The van der Waals surface area contributed by atoms with Gasteiger partial charge < -0.3 is 4.74 Å². The SMILES string of the molecule is CC[Si](C)(C)C#CCCCOCc1ccccc1. The predicted molar refractivity (Wildman–Crippen MR) is 81.1 cm³/mol. The zero-order valence-electron chi connectivity index (χ0n) is 11.8. The van der Waals surface area contributed by atoms with Crippen molar-refractivity contribution in [2.75, 3.05) is 6.61 Å². The first-order valence-corrected chi connectivity index (χ1v) is 9.96. The molecule has 2 heteroatoms. The molecule has 0 spiro atoms. The van der Waals surface area contributed by atoms with Gasteiger partial charge in [0.1, 0.15) is 8.07 Å². The fraction of sp³-hybridized carbons (Fsp3) is 0.500. The van der Waals surface area contributed by atoms with E-state index in [2.05, 4.69) is 43.6 Å². The average molecular weight is 260 g/mol. The van der Waals surface area contributed by atoms with E-state index in [1.807, 2.05) is 18.2 Å². The van der Waals surface area contributed by atoms with Crippen molar-refractivity contribution in [3.05, 3.63) is 35.9 Å². The quantitative estimate of drug-likeness (QED) is 0.422. The van der Waals surface area contributed by atoms with E-state index < -0.39 is 8.07 Å². The van der Waals surface area contributed by atoms with Gasteiger partial charge in [0, 0.05) is 13.0 Å². The first-order valence-electron chi connectivity index (χ1n) is 6.76. The van der Waals surface area contributed by atoms with Crippen molar-refractivity contribution in [2.24, 2.45) is 0 Å². The highest BCUT2D eigenvalue weighted by molar-refractivity contribution is 6.85. The van der Waals surface area contributed by atoms with Crippen molar-refractivity contribution in [3.8, 4) is 11.5 Å². The minimum atomic E-state index is -1.20. The van der Waals surface area contributed by atoms with Crippen LogP contribution in [0, 0.1) is 11.5 Å². The summed E-state index contributed by atoms with van der Waals surface area (Å²) < 4.78 is 5.62. The zero-order chi connectivity index (χ0) is 13.3. The minimum absolute atomic E-state index is 0.712. The Bertz CT molecular complexity index is 387. The average Bonchev–Trinajstić information content (AvgIpc) is 2.39. The monoisotopic (exact) mass is 260 g/mol. The van der Waals surface area contributed by atoms with Crippen LogP contribution >= 0.6 is 0 Å². The summed E-state index contributed by atoms with van der Waals surface area (Å²) in [6, 6.07) is 11.5. The Kier molecular flexibility index (Phi) is 6.78. The van der Waals surface area contributed by atoms with Gasteiger partial charge in [0.25, 0.3) is 0 Å². The molecule has 0 bridgehead atoms. The lowest BCUT2D eigenvalue weighted by molar-refractivity contribution is 0.119. The lowest BCUT2D eigenvalue weighted by Gasteiger charge is -2.09. The topological polar surface area (TPSA) is 9.23 Å². The third-order valence-electron chi connectivity index (χ3n) is 3.01. The summed E-state index contributed by atoms with van der Waals surface area (Å²) in [5, 5.41) is 0. The van der Waals surface area contributed by atoms with Gasteiger partial charge in [-0.05, 0) is 18.0 Å². The van der Waals surface area contributed by atoms with Gasteiger partial charge in [0.15, 0.2) is 0 Å². The highest BCUT2D eigenvalue weighted by atomic mass is 28.3. The molecule has 1 aromatic rings. The number of rotatable bonds is 6. The van der Waals surface area contributed by atoms with E-state index in [1.54, 1.807) is 0 Å². The first-order chi connectivity index (χ1) is 8.64. The molecule has 0 aliphatic heterocycles. The molecule has 0 N–H and O–H groups in total. The van der Waals surface area contributed by atoms with E-state index in [-0.39, 0.29) is 0 Å². The summed E-state index contributed by atoms with van der Waals surface area (Å²) in [5.74, 6) is 3.31. The van der Waals surface area contributed by atoms with Gasteiger partial charge in [0.2, 0.25) is 0 Å². The first kappa shape index (κ1) is 15.0. The largest absolute Gasteiger partial charge is 0.377 e. The standard InChI is InChI=1S/C16H24OSi/c1-4-18(2,3)14-10-6-9-13-17-15-16-11-7-5-8-12-16/h5,7-8,11-12H,4,6,9,13,15H2,1-3H3. The molecule has 18 heavy (non-hydrogen) atoms. The molecule has 0 heterocycles. The van der Waals surface area contributed by atoms with Crippen molar-refractivity contribution >= 4 is 8.07 Å². The lowest BCUT2D eigenvalue weighted by atomic mass is 10.2. The van der Waals surface area contributed by atoms with Crippen LogP contribution < -0.4 is 0 Å². The van der Waals surface area contributed by atoms with Crippen LogP contribution in [0.2, 0.25) is 19.1 Å². The maximum absolute atomic E-state index is 5.62. The summed E-state index contributed by atoms with van der Waals surface area (Å²) in [6.07, 6.45) is 2.00. The van der Waals surface area contributed by atoms with Crippen molar-refractivity contribution in [2.45, 2.75) is 45.5 Å². The number of benzene rings is 1. The Morgan fingerprint density at radius 1 is 1.17 bits per heavy atom. The third kappa shape index (κ3) is 6.63. The van der Waals surface area contributed by atoms with Crippen LogP contribution in [0.1, 0.15) is 25.3 Å². The van der Waals surface area contributed by atoms with Crippen molar-refractivity contribution in [1.29, 1.82) is 0 Å². The van der Waals surface area contributed by atoms with E-state index in [0.29, 0.717) is 6.61 Å². The maximum Gasteiger partial charge on any atom is 0.132 e. The maximum atomic E-state index is 5.62. The zero-order valence-corrected chi connectivity index (χ0v) is 12.8. The van der Waals surface area contributed by atoms with Crippen LogP contribution in [0.5, 0.6) is 0 Å². The predicted octanol–water partition coefficient (Wildman–Crippen LogP) is 4.25. The normalized spacial score (nSPS) is 10.8. The van der Waals surface area contributed by atoms with E-state index in [0.717, 1.165) is 19.4 Å². The van der Waals surface area contributed by atoms with Gasteiger partial charge in [0.05, 0.1) is 6.61 Å². The summed E-state index contributed by atoms with van der Waals surface area (Å²) >= 11 is 0. The van der Waals surface area contributed by atoms with Crippen LogP contribution in [-0.4, -0.2) is 14.7 Å². The Morgan fingerprint density at radius 3 is 2.56 bits per heavy atom. The number of ether oxygens (including phenoxy) is 1. The number of hydrogen-bond donors (Lipinski definition) is 0. The summed E-state index contributed by atoms with van der Waals surface area (Å²) in [6.45, 7) is 8.41. The second kappa shape index (κ2) is 8.13. The highest BCUT2D eigenvalue weighted by Gasteiger charge is 2.13. The molecule has 0 aromatic heterocycles. The van der Waals surface area contributed by atoms with E-state index in [4.69, 9.17) is 4.74 Å². The number of hydrogen-bond acceptors (Lipinski definition) is 1. The molecule has 0 saturated carbocycles. The Balaban J connectivity index is 2.09. The van der Waals surface area contributed by atoms with E-state index in [9.17, 15) is 0 Å². The fourth-order valence-corrected chi connectivity index (χ4v) is 2.20. The van der Waals surface area contributed by atoms with Crippen LogP contribution in [-0.2, 0) is 11.3 Å². The van der Waals surface area contributed by atoms with Crippen molar-refractivity contribution in [3.63, 3.8) is 0 Å². The molecule has 1 aromatic carbocycles. The molecule has 0 aliphatic carbocycles. The number of unbranched alkanes of at least 4 members (excludes halogenated alkanes) is 1. The van der Waals surface area contributed by atoms with Crippen LogP contribution in [0.15, 0.2) is 30.3 Å². The van der Waals surface area contributed by atoms with E-state index in [1.165, 1.54) is 11.6 Å². The molecule has 1 nitrogen and oxygen atoms in total. The van der Waals surface area contributed by atoms with Crippen LogP contribution in [0.25, 0.3) is 0 Å². The molecule has 0 fully saturated rings. The van der Waals surface area contributed by atoms with E-state index >= 15 is 0 Å². The minimum Gasteiger partial charge on any atom is -0.377 e. The summed E-state index contributed by atoms with van der Waals surface area (Å²) in [5.41, 5.74) is 4.69. The molecular weight excluding hydrogens is 236 g/mol. The van der Waals surface area contributed by atoms with Gasteiger partial charge in [-0.2, -0.15) is 0 Å². The molecule has 0 atom stereocenters. The molecule has 1 rings (SSSR count). The Hall–Kier alpha value is -1.04. The third-order valence-corrected chi connectivity index (χ3v) is 5.63. The lowest BCUT2D eigenvalue weighted by Crippen LogP contribution is -2.21. The molecular formula is C16H24OSi. The molecule has 0 radical (unpaired) electrons. The second-order valence-electron chi connectivity index (χ2n) is 5.18. The summed E-state index contributed by atoms with van der Waals surface area (Å²) in [4.78, 5) is 0. The summed E-state index contributed by atoms with van der Waals surface area (Å²) in [7, 11) is -1.20. The Morgan fingerprint density at radius 2 is 1.89 bits per heavy atom. The smallest absolute Gasteiger partial charge is 0.132 e. The molecule has 0 aliphatic rings.